The van der Waals surface area contributed by atoms with Gasteiger partial charge in [0, 0.05) is 17.0 Å². The molecule has 0 aliphatic carbocycles. The third kappa shape index (κ3) is 3.24. The minimum absolute atomic E-state index is 0.0586. The van der Waals surface area contributed by atoms with Crippen molar-refractivity contribution in [1.82, 2.24) is 4.98 Å². The first-order chi connectivity index (χ1) is 9.74. The van der Waals surface area contributed by atoms with Gasteiger partial charge in [0.2, 0.25) is 0 Å². The summed E-state index contributed by atoms with van der Waals surface area (Å²) in [6.45, 7) is 4.01. The van der Waals surface area contributed by atoms with Crippen molar-refractivity contribution in [3.8, 4) is 10.6 Å². The maximum absolute atomic E-state index is 13.1. The highest BCUT2D eigenvalue weighted by atomic mass is 32.1. The van der Waals surface area contributed by atoms with Crippen LogP contribution in [0.15, 0.2) is 18.2 Å². The van der Waals surface area contributed by atoms with Crippen LogP contribution < -0.4 is 5.73 Å². The largest absolute Gasteiger partial charge is 0.417 e. The van der Waals surface area contributed by atoms with Gasteiger partial charge in [0.1, 0.15) is 10.8 Å². The predicted molar refractivity (Wildman–Crippen MR) is 74.5 cm³/mol. The lowest BCUT2D eigenvalue weighted by Crippen LogP contribution is -2.07. The molecule has 2 N–H and O–H groups in total. The number of hydrogen-bond donors (Lipinski definition) is 1. The molecule has 0 spiro atoms. The fourth-order valence-electron chi connectivity index (χ4n) is 2.01. The lowest BCUT2D eigenvalue weighted by atomic mass is 10.1. The van der Waals surface area contributed by atoms with Gasteiger partial charge in [0.15, 0.2) is 0 Å². The first kappa shape index (κ1) is 15.9. The van der Waals surface area contributed by atoms with Crippen LogP contribution in [0.5, 0.6) is 0 Å². The van der Waals surface area contributed by atoms with Crippen LogP contribution in [0.25, 0.3) is 10.6 Å². The van der Waals surface area contributed by atoms with E-state index in [0.717, 1.165) is 28.3 Å². The van der Waals surface area contributed by atoms with Gasteiger partial charge in [0.05, 0.1) is 11.3 Å². The minimum Gasteiger partial charge on any atom is -0.326 e. The van der Waals surface area contributed by atoms with Crippen molar-refractivity contribution in [2.45, 2.75) is 32.5 Å². The van der Waals surface area contributed by atoms with E-state index in [1.807, 2.05) is 13.8 Å². The van der Waals surface area contributed by atoms with Crippen LogP contribution in [-0.4, -0.2) is 4.98 Å². The van der Waals surface area contributed by atoms with Gasteiger partial charge in [-0.25, -0.2) is 9.37 Å². The lowest BCUT2D eigenvalue weighted by molar-refractivity contribution is -0.137. The minimum atomic E-state index is -4.63. The Morgan fingerprint density at radius 3 is 2.43 bits per heavy atom. The molecule has 0 atom stereocenters. The number of halogens is 4. The standard InChI is InChI=1S/C14H14F4N2S/c1-7(2)12-11(6-19)21-13(20-12)9-4-3-8(15)5-10(9)14(16,17)18/h3-5,7H,6,19H2,1-2H3. The summed E-state index contributed by atoms with van der Waals surface area (Å²) in [6.07, 6.45) is -4.63. The Bertz CT molecular complexity index is 647. The Morgan fingerprint density at radius 1 is 1.29 bits per heavy atom. The zero-order valence-corrected chi connectivity index (χ0v) is 12.3. The molecule has 0 aliphatic rings. The highest BCUT2D eigenvalue weighted by Crippen LogP contribution is 2.40. The second-order valence-corrected chi connectivity index (χ2v) is 5.96. The van der Waals surface area contributed by atoms with Crippen LogP contribution in [0.3, 0.4) is 0 Å². The van der Waals surface area contributed by atoms with Crippen molar-refractivity contribution in [3.05, 3.63) is 40.2 Å². The van der Waals surface area contributed by atoms with Crippen LogP contribution >= 0.6 is 11.3 Å². The Hall–Kier alpha value is -1.47. The molecule has 114 valence electrons. The van der Waals surface area contributed by atoms with Gasteiger partial charge in [0.25, 0.3) is 0 Å². The molecule has 1 aromatic carbocycles. The Labute approximate surface area is 123 Å². The van der Waals surface area contributed by atoms with Gasteiger partial charge in [-0.15, -0.1) is 11.3 Å². The van der Waals surface area contributed by atoms with Gasteiger partial charge in [-0.3, -0.25) is 0 Å². The summed E-state index contributed by atoms with van der Waals surface area (Å²) in [4.78, 5) is 5.02. The van der Waals surface area contributed by atoms with E-state index < -0.39 is 17.6 Å². The monoisotopic (exact) mass is 318 g/mol. The van der Waals surface area contributed by atoms with Crippen molar-refractivity contribution in [3.63, 3.8) is 0 Å². The smallest absolute Gasteiger partial charge is 0.326 e. The average molecular weight is 318 g/mol. The van der Waals surface area contributed by atoms with Crippen molar-refractivity contribution in [2.75, 3.05) is 0 Å². The van der Waals surface area contributed by atoms with Gasteiger partial charge < -0.3 is 5.73 Å². The van der Waals surface area contributed by atoms with Gasteiger partial charge in [-0.2, -0.15) is 13.2 Å². The average Bonchev–Trinajstić information content (AvgIpc) is 2.81. The fourth-order valence-corrected chi connectivity index (χ4v) is 3.15. The third-order valence-corrected chi connectivity index (χ3v) is 4.10. The van der Waals surface area contributed by atoms with Crippen LogP contribution in [-0.2, 0) is 12.7 Å². The molecule has 0 fully saturated rings. The molecule has 0 saturated heterocycles. The fraction of sp³-hybridized carbons (Fsp3) is 0.357. The Balaban J connectivity index is 2.62. The van der Waals surface area contributed by atoms with Crippen LogP contribution in [0.2, 0.25) is 0 Å². The number of nitrogens with zero attached hydrogens (tertiary/aromatic N) is 1. The summed E-state index contributed by atoms with van der Waals surface area (Å²) in [5, 5.41) is 0.214. The van der Waals surface area contributed by atoms with Gasteiger partial charge in [-0.1, -0.05) is 13.8 Å². The molecule has 2 nitrogen and oxygen atoms in total. The Kier molecular flexibility index (Phi) is 4.34. The van der Waals surface area contributed by atoms with E-state index in [2.05, 4.69) is 4.98 Å². The first-order valence-electron chi connectivity index (χ1n) is 6.30. The molecular weight excluding hydrogens is 304 g/mol. The number of hydrogen-bond acceptors (Lipinski definition) is 3. The van der Waals surface area contributed by atoms with E-state index in [0.29, 0.717) is 11.8 Å². The summed E-state index contributed by atoms with van der Waals surface area (Å²) < 4.78 is 52.3. The molecule has 7 heteroatoms. The zero-order chi connectivity index (χ0) is 15.8. The van der Waals surface area contributed by atoms with Crippen LogP contribution in [0.4, 0.5) is 17.6 Å². The zero-order valence-electron chi connectivity index (χ0n) is 11.5. The molecule has 1 heterocycles. The highest BCUT2D eigenvalue weighted by molar-refractivity contribution is 7.15. The normalized spacial score (nSPS) is 12.2. The first-order valence-corrected chi connectivity index (χ1v) is 7.12. The highest BCUT2D eigenvalue weighted by Gasteiger charge is 2.35. The summed E-state index contributed by atoms with van der Waals surface area (Å²) >= 11 is 1.12. The molecule has 2 aromatic rings. The number of benzene rings is 1. The molecule has 0 aliphatic heterocycles. The van der Waals surface area contributed by atoms with Crippen molar-refractivity contribution >= 4 is 11.3 Å². The van der Waals surface area contributed by atoms with Crippen molar-refractivity contribution < 1.29 is 17.6 Å². The summed E-state index contributed by atoms with van der Waals surface area (Å²) in [7, 11) is 0. The second-order valence-electron chi connectivity index (χ2n) is 4.87. The maximum Gasteiger partial charge on any atom is 0.417 e. The molecule has 0 bridgehead atoms. The topological polar surface area (TPSA) is 38.9 Å². The number of thiazole rings is 1. The molecule has 2 rings (SSSR count). The molecule has 0 amide bonds. The van der Waals surface area contributed by atoms with E-state index in [1.54, 1.807) is 0 Å². The van der Waals surface area contributed by atoms with Crippen molar-refractivity contribution in [1.29, 1.82) is 0 Å². The molecule has 0 unspecified atom stereocenters. The summed E-state index contributed by atoms with van der Waals surface area (Å²) in [6, 6.07) is 2.61. The van der Waals surface area contributed by atoms with Crippen LogP contribution in [0, 0.1) is 5.82 Å². The van der Waals surface area contributed by atoms with Gasteiger partial charge >= 0.3 is 6.18 Å². The Morgan fingerprint density at radius 2 is 1.95 bits per heavy atom. The molecule has 0 radical (unpaired) electrons. The molecule has 1 aromatic heterocycles. The van der Waals surface area contributed by atoms with Crippen molar-refractivity contribution in [2.24, 2.45) is 5.73 Å². The van der Waals surface area contributed by atoms with Crippen LogP contribution in [0.1, 0.15) is 35.9 Å². The maximum atomic E-state index is 13.1. The number of nitrogens with two attached hydrogens (primary N) is 1. The number of alkyl halides is 3. The third-order valence-electron chi connectivity index (χ3n) is 2.98. The number of rotatable bonds is 3. The molecular formula is C14H14F4N2S. The van der Waals surface area contributed by atoms with E-state index in [1.165, 1.54) is 0 Å². The second kappa shape index (κ2) is 5.73. The molecule has 0 saturated carbocycles. The quantitative estimate of drug-likeness (QED) is 0.843. The van der Waals surface area contributed by atoms with Gasteiger partial charge in [-0.05, 0) is 24.1 Å². The van der Waals surface area contributed by atoms with E-state index >= 15 is 0 Å². The summed E-state index contributed by atoms with van der Waals surface area (Å²) in [5.41, 5.74) is 5.17. The lowest BCUT2D eigenvalue weighted by Gasteiger charge is -2.11. The SMILES string of the molecule is CC(C)c1nc(-c2ccc(F)cc2C(F)(F)F)sc1CN. The number of aromatic nitrogens is 1. The predicted octanol–water partition coefficient (Wildman–Crippen LogP) is 4.55. The summed E-state index contributed by atoms with van der Waals surface area (Å²) in [5.74, 6) is -0.867. The molecule has 21 heavy (non-hydrogen) atoms. The van der Waals surface area contributed by atoms with E-state index in [4.69, 9.17) is 5.73 Å². The van der Waals surface area contributed by atoms with E-state index in [9.17, 15) is 17.6 Å². The van der Waals surface area contributed by atoms with E-state index in [-0.39, 0.29) is 23.0 Å².